The van der Waals surface area contributed by atoms with Gasteiger partial charge in [-0.2, -0.15) is 0 Å². The number of aliphatic hydroxyl groups excluding tert-OH is 1. The van der Waals surface area contributed by atoms with Crippen LogP contribution in [-0.4, -0.2) is 48.8 Å². The number of amides is 1. The Morgan fingerprint density at radius 2 is 1.84 bits per heavy atom. The van der Waals surface area contributed by atoms with Crippen LogP contribution in [0.2, 0.25) is 0 Å². The highest BCUT2D eigenvalue weighted by Crippen LogP contribution is 2.12. The minimum atomic E-state index is -0.919. The molecule has 0 aliphatic heterocycles. The number of alkyl carbamates (subject to hydrolysis) is 1. The summed E-state index contributed by atoms with van der Waals surface area (Å²) in [5.41, 5.74) is 0.317. The Morgan fingerprint density at radius 1 is 1.20 bits per heavy atom. The average Bonchev–Trinajstić information content (AvgIpc) is 2.53. The molecule has 7 heteroatoms. The molecule has 0 aliphatic carbocycles. The van der Waals surface area contributed by atoms with E-state index in [-0.39, 0.29) is 13.0 Å². The Balaban J connectivity index is 2.69. The highest BCUT2D eigenvalue weighted by molar-refractivity contribution is 5.68. The van der Waals surface area contributed by atoms with Gasteiger partial charge in [0.2, 0.25) is 0 Å². The zero-order valence-electron chi connectivity index (χ0n) is 15.2. The molecule has 0 bridgehead atoms. The van der Waals surface area contributed by atoms with Gasteiger partial charge in [0.25, 0.3) is 0 Å². The van der Waals surface area contributed by atoms with Crippen molar-refractivity contribution in [3.63, 3.8) is 0 Å². The summed E-state index contributed by atoms with van der Waals surface area (Å²) in [6, 6.07) is 8.88. The molecule has 1 amide bonds. The maximum absolute atomic E-state index is 12.0. The van der Waals surface area contributed by atoms with Crippen molar-refractivity contribution < 1.29 is 28.9 Å². The van der Waals surface area contributed by atoms with E-state index in [1.54, 1.807) is 20.8 Å². The lowest BCUT2D eigenvalue weighted by Crippen LogP contribution is -2.47. The molecule has 7 nitrogen and oxygen atoms in total. The predicted octanol–water partition coefficient (Wildman–Crippen LogP) is 2.66. The van der Waals surface area contributed by atoms with Crippen molar-refractivity contribution in [2.75, 3.05) is 13.7 Å². The van der Waals surface area contributed by atoms with Crippen molar-refractivity contribution in [3.05, 3.63) is 35.9 Å². The number of carbonyl (C=O) groups is 2. The number of hydrogen-bond acceptors (Lipinski definition) is 6. The summed E-state index contributed by atoms with van der Waals surface area (Å²) in [6.45, 7) is 5.27. The minimum Gasteiger partial charge on any atom is -0.444 e. The average molecular weight is 353 g/mol. The molecule has 0 saturated heterocycles. The standard InChI is InChI=1S/C18H27NO6/c1-18(2,3)25-16(21)19-14(12-13-8-6-5-7-9-13)15(20)10-11-24-17(22)23-4/h5-9,14-15,20H,10-12H2,1-4H3,(H,19,21). The molecule has 0 fully saturated rings. The number of rotatable bonds is 7. The van der Waals surface area contributed by atoms with Gasteiger partial charge >= 0.3 is 12.2 Å². The largest absolute Gasteiger partial charge is 0.507 e. The maximum atomic E-state index is 12.0. The molecule has 2 N–H and O–H groups in total. The van der Waals surface area contributed by atoms with Gasteiger partial charge < -0.3 is 24.6 Å². The lowest BCUT2D eigenvalue weighted by Gasteiger charge is -2.26. The molecular formula is C18H27NO6. The molecule has 1 aromatic rings. The Labute approximate surface area is 148 Å². The fraction of sp³-hybridized carbons (Fsp3) is 0.556. The SMILES string of the molecule is COC(=O)OCCC(O)C(Cc1ccccc1)NC(=O)OC(C)(C)C. The van der Waals surface area contributed by atoms with Crippen molar-refractivity contribution in [2.24, 2.45) is 0 Å². The van der Waals surface area contributed by atoms with Crippen molar-refractivity contribution in [2.45, 2.75) is 51.4 Å². The van der Waals surface area contributed by atoms with E-state index < -0.39 is 30.0 Å². The summed E-state index contributed by atoms with van der Waals surface area (Å²) in [5.74, 6) is 0. The summed E-state index contributed by atoms with van der Waals surface area (Å²) >= 11 is 0. The molecule has 0 saturated carbocycles. The van der Waals surface area contributed by atoms with Gasteiger partial charge in [-0.1, -0.05) is 30.3 Å². The third-order valence-corrected chi connectivity index (χ3v) is 3.27. The second-order valence-electron chi connectivity index (χ2n) is 6.60. The smallest absolute Gasteiger partial charge is 0.444 e. The van der Waals surface area contributed by atoms with Gasteiger partial charge in [-0.15, -0.1) is 0 Å². The first-order chi connectivity index (χ1) is 11.7. The summed E-state index contributed by atoms with van der Waals surface area (Å²) in [4.78, 5) is 23.0. The van der Waals surface area contributed by atoms with Gasteiger partial charge in [-0.3, -0.25) is 0 Å². The van der Waals surface area contributed by atoms with Crippen molar-refractivity contribution in [1.29, 1.82) is 0 Å². The van der Waals surface area contributed by atoms with Gasteiger partial charge in [-0.25, -0.2) is 9.59 Å². The molecule has 0 radical (unpaired) electrons. The lowest BCUT2D eigenvalue weighted by molar-refractivity contribution is 0.0319. The second kappa shape index (κ2) is 9.88. The van der Waals surface area contributed by atoms with Crippen LogP contribution in [0, 0.1) is 0 Å². The van der Waals surface area contributed by atoms with E-state index in [0.717, 1.165) is 5.56 Å². The van der Waals surface area contributed by atoms with Crippen LogP contribution in [0.1, 0.15) is 32.8 Å². The zero-order valence-corrected chi connectivity index (χ0v) is 15.2. The van der Waals surface area contributed by atoms with Crippen LogP contribution in [0.15, 0.2) is 30.3 Å². The molecule has 0 spiro atoms. The molecule has 1 aromatic carbocycles. The number of carbonyl (C=O) groups excluding carboxylic acids is 2. The van der Waals surface area contributed by atoms with E-state index in [2.05, 4.69) is 10.1 Å². The fourth-order valence-electron chi connectivity index (χ4n) is 2.13. The molecular weight excluding hydrogens is 326 g/mol. The van der Waals surface area contributed by atoms with Crippen LogP contribution >= 0.6 is 0 Å². The van der Waals surface area contributed by atoms with E-state index in [0.29, 0.717) is 6.42 Å². The van der Waals surface area contributed by atoms with Gasteiger partial charge in [-0.05, 0) is 32.8 Å². The Bertz CT molecular complexity index is 540. The van der Waals surface area contributed by atoms with E-state index >= 15 is 0 Å². The van der Waals surface area contributed by atoms with Crippen LogP contribution in [0.4, 0.5) is 9.59 Å². The maximum Gasteiger partial charge on any atom is 0.507 e. The Kier molecular flexibility index (Phi) is 8.21. The third-order valence-electron chi connectivity index (χ3n) is 3.27. The summed E-state index contributed by atoms with van der Waals surface area (Å²) in [6.07, 6.45) is -1.77. The monoisotopic (exact) mass is 353 g/mol. The van der Waals surface area contributed by atoms with Gasteiger partial charge in [0.05, 0.1) is 25.9 Å². The van der Waals surface area contributed by atoms with E-state index in [1.807, 2.05) is 30.3 Å². The van der Waals surface area contributed by atoms with Gasteiger partial charge in [0.1, 0.15) is 5.60 Å². The van der Waals surface area contributed by atoms with Gasteiger partial charge in [0.15, 0.2) is 0 Å². The van der Waals surface area contributed by atoms with Crippen molar-refractivity contribution >= 4 is 12.2 Å². The van der Waals surface area contributed by atoms with Crippen molar-refractivity contribution in [3.8, 4) is 0 Å². The Hall–Kier alpha value is -2.28. The molecule has 0 heterocycles. The number of hydrogen-bond donors (Lipinski definition) is 2. The molecule has 2 atom stereocenters. The summed E-state index contributed by atoms with van der Waals surface area (Å²) in [7, 11) is 1.21. The normalized spacial score (nSPS) is 13.5. The predicted molar refractivity (Wildman–Crippen MR) is 92.3 cm³/mol. The third kappa shape index (κ3) is 8.95. The minimum absolute atomic E-state index is 0.0187. The quantitative estimate of drug-likeness (QED) is 0.732. The highest BCUT2D eigenvalue weighted by Gasteiger charge is 2.25. The van der Waals surface area contributed by atoms with Crippen molar-refractivity contribution in [1.82, 2.24) is 5.32 Å². The summed E-state index contributed by atoms with van der Waals surface area (Å²) < 4.78 is 14.4. The second-order valence-corrected chi connectivity index (χ2v) is 6.60. The molecule has 25 heavy (non-hydrogen) atoms. The first-order valence-corrected chi connectivity index (χ1v) is 8.13. The van der Waals surface area contributed by atoms with Crippen LogP contribution in [0.3, 0.4) is 0 Å². The number of aliphatic hydroxyl groups is 1. The number of benzene rings is 1. The number of nitrogens with one attached hydrogen (secondary N) is 1. The van der Waals surface area contributed by atoms with E-state index in [9.17, 15) is 14.7 Å². The summed E-state index contributed by atoms with van der Waals surface area (Å²) in [5, 5.41) is 13.1. The molecule has 140 valence electrons. The van der Waals surface area contributed by atoms with Crippen LogP contribution in [0.5, 0.6) is 0 Å². The van der Waals surface area contributed by atoms with Crippen LogP contribution in [0.25, 0.3) is 0 Å². The molecule has 0 aromatic heterocycles. The zero-order chi connectivity index (χ0) is 18.9. The molecule has 2 unspecified atom stereocenters. The van der Waals surface area contributed by atoms with Crippen LogP contribution in [-0.2, 0) is 20.6 Å². The van der Waals surface area contributed by atoms with Gasteiger partial charge in [0, 0.05) is 6.42 Å². The van der Waals surface area contributed by atoms with E-state index in [1.165, 1.54) is 7.11 Å². The Morgan fingerprint density at radius 3 is 2.40 bits per heavy atom. The molecule has 1 rings (SSSR count). The highest BCUT2D eigenvalue weighted by atomic mass is 16.7. The first kappa shape index (κ1) is 20.8. The topological polar surface area (TPSA) is 94.1 Å². The lowest BCUT2D eigenvalue weighted by atomic mass is 9.99. The van der Waals surface area contributed by atoms with Crippen LogP contribution < -0.4 is 5.32 Å². The van der Waals surface area contributed by atoms with E-state index in [4.69, 9.17) is 9.47 Å². The fourth-order valence-corrected chi connectivity index (χ4v) is 2.13. The number of ether oxygens (including phenoxy) is 3. The first-order valence-electron chi connectivity index (χ1n) is 8.13. The number of methoxy groups -OCH3 is 1. The molecule has 0 aliphatic rings.